The number of pyridine rings is 2. The number of piperazine rings is 1. The first kappa shape index (κ1) is 38.4. The predicted molar refractivity (Wildman–Crippen MR) is 220 cm³/mol. The number of nitrogens with one attached hydrogen (secondary N) is 3. The zero-order chi connectivity index (χ0) is 40.6. The molecule has 0 spiro atoms. The van der Waals surface area contributed by atoms with Gasteiger partial charge in [-0.2, -0.15) is 10.1 Å². The van der Waals surface area contributed by atoms with Crippen molar-refractivity contribution in [3.63, 3.8) is 0 Å². The smallest absolute Gasteiger partial charge is 0.328 e. The van der Waals surface area contributed by atoms with Crippen LogP contribution in [0.3, 0.4) is 0 Å². The lowest BCUT2D eigenvalue weighted by atomic mass is 9.97. The molecule has 2 aliphatic rings. The summed E-state index contributed by atoms with van der Waals surface area (Å²) in [6.45, 7) is 14.9. The number of nitrogens with zero attached hydrogens (tertiary/aromatic N) is 8. The molecule has 15 nitrogen and oxygen atoms in total. The molecule has 2 aliphatic heterocycles. The van der Waals surface area contributed by atoms with Crippen LogP contribution in [0.2, 0.25) is 0 Å². The summed E-state index contributed by atoms with van der Waals surface area (Å²) in [5.74, 6) is -0.191. The number of anilines is 2. The third-order valence-corrected chi connectivity index (χ3v) is 10.9. The Bertz CT molecular complexity index is 2460. The average molecular weight is 782 g/mol. The van der Waals surface area contributed by atoms with Gasteiger partial charge in [-0.15, -0.1) is 0 Å². The molecule has 0 saturated carbocycles. The van der Waals surface area contributed by atoms with Crippen molar-refractivity contribution in [3.05, 3.63) is 101 Å². The number of fused-ring (bicyclic) bond motifs is 1. The van der Waals surface area contributed by atoms with Crippen molar-refractivity contribution in [2.45, 2.75) is 58.9 Å². The molecule has 8 rings (SSSR count). The van der Waals surface area contributed by atoms with Crippen LogP contribution in [0.5, 0.6) is 0 Å². The minimum atomic E-state index is -0.391. The molecule has 6 heterocycles. The minimum absolute atomic E-state index is 0.0157. The van der Waals surface area contributed by atoms with E-state index in [0.717, 1.165) is 89.5 Å². The molecule has 58 heavy (non-hydrogen) atoms. The minimum Gasteiger partial charge on any atom is -0.368 e. The number of rotatable bonds is 10. The predicted octanol–water partition coefficient (Wildman–Crippen LogP) is 5.98. The second-order valence-electron chi connectivity index (χ2n) is 16.0. The second kappa shape index (κ2) is 15.8. The first-order valence-electron chi connectivity index (χ1n) is 19.6. The first-order valence-corrected chi connectivity index (χ1v) is 19.6. The summed E-state index contributed by atoms with van der Waals surface area (Å²) in [6.07, 6.45) is 4.98. The largest absolute Gasteiger partial charge is 0.368 e. The summed E-state index contributed by atoms with van der Waals surface area (Å²) < 4.78 is 5.30. The van der Waals surface area contributed by atoms with Crippen LogP contribution in [0, 0.1) is 6.92 Å². The van der Waals surface area contributed by atoms with Gasteiger partial charge in [-0.3, -0.25) is 34.8 Å². The molecule has 3 N–H and O–H groups in total. The highest BCUT2D eigenvalue weighted by atomic mass is 16.5. The Balaban J connectivity index is 0.865. The fourth-order valence-electron chi connectivity index (χ4n) is 7.45. The third-order valence-electron chi connectivity index (χ3n) is 10.9. The average Bonchev–Trinajstić information content (AvgIpc) is 3.89. The van der Waals surface area contributed by atoms with Crippen molar-refractivity contribution >= 4 is 40.3 Å². The number of H-pyrrole nitrogens is 1. The lowest BCUT2D eigenvalue weighted by Crippen LogP contribution is -2.49. The molecule has 0 bridgehead atoms. The van der Waals surface area contributed by atoms with Crippen molar-refractivity contribution < 1.29 is 18.9 Å². The maximum absolute atomic E-state index is 12.9. The molecule has 0 radical (unpaired) electrons. The highest BCUT2D eigenvalue weighted by Gasteiger charge is 2.26. The molecular weight excluding hydrogens is 735 g/mol. The monoisotopic (exact) mass is 781 g/mol. The normalized spacial score (nSPS) is 15.8. The van der Waals surface area contributed by atoms with Gasteiger partial charge in [-0.05, 0) is 73.4 Å². The second-order valence-corrected chi connectivity index (χ2v) is 16.0. The van der Waals surface area contributed by atoms with E-state index in [1.54, 1.807) is 11.1 Å². The van der Waals surface area contributed by atoms with Gasteiger partial charge < -0.3 is 14.7 Å². The molecular formula is C43H47N11O4. The van der Waals surface area contributed by atoms with Gasteiger partial charge in [-0.25, -0.2) is 9.78 Å². The van der Waals surface area contributed by atoms with Crippen molar-refractivity contribution in [2.75, 3.05) is 49.1 Å². The summed E-state index contributed by atoms with van der Waals surface area (Å²) in [6, 6.07) is 19.8. The van der Waals surface area contributed by atoms with Gasteiger partial charge >= 0.3 is 6.03 Å². The Morgan fingerprint density at radius 2 is 1.69 bits per heavy atom. The van der Waals surface area contributed by atoms with Crippen molar-refractivity contribution in [1.29, 1.82) is 0 Å². The van der Waals surface area contributed by atoms with E-state index in [1.165, 1.54) is 5.56 Å². The van der Waals surface area contributed by atoms with Crippen LogP contribution in [0.1, 0.15) is 73.4 Å². The zero-order valence-electron chi connectivity index (χ0n) is 33.4. The summed E-state index contributed by atoms with van der Waals surface area (Å²) in [4.78, 5) is 56.8. The maximum atomic E-state index is 12.9. The van der Waals surface area contributed by atoms with Gasteiger partial charge in [0, 0.05) is 79.5 Å². The van der Waals surface area contributed by atoms with Gasteiger partial charge in [0.25, 0.3) is 11.7 Å². The molecule has 2 saturated heterocycles. The Morgan fingerprint density at radius 1 is 0.914 bits per heavy atom. The molecule has 2 aromatic carbocycles. The number of carbonyl (C=O) groups is 3. The zero-order valence-corrected chi connectivity index (χ0v) is 33.4. The van der Waals surface area contributed by atoms with E-state index in [2.05, 4.69) is 76.1 Å². The lowest BCUT2D eigenvalue weighted by molar-refractivity contribution is -0.120. The molecule has 298 valence electrons. The highest BCUT2D eigenvalue weighted by molar-refractivity contribution is 6.05. The summed E-state index contributed by atoms with van der Waals surface area (Å²) in [7, 11) is 0. The van der Waals surface area contributed by atoms with Crippen molar-refractivity contribution in [1.82, 2.24) is 45.8 Å². The fourth-order valence-corrected chi connectivity index (χ4v) is 7.45. The van der Waals surface area contributed by atoms with Gasteiger partial charge in [0.05, 0.1) is 29.3 Å². The number of hydrogen-bond donors (Lipinski definition) is 3. The number of carbonyl (C=O) groups excluding carboxylic acids is 3. The van der Waals surface area contributed by atoms with Crippen molar-refractivity contribution in [3.8, 4) is 22.5 Å². The highest BCUT2D eigenvalue weighted by Crippen LogP contribution is 2.32. The Labute approximate surface area is 336 Å². The van der Waals surface area contributed by atoms with Crippen LogP contribution in [-0.4, -0.2) is 92.3 Å². The van der Waals surface area contributed by atoms with Crippen LogP contribution in [0.15, 0.2) is 77.6 Å². The Kier molecular flexibility index (Phi) is 10.5. The van der Waals surface area contributed by atoms with Crippen LogP contribution in [0.25, 0.3) is 33.5 Å². The van der Waals surface area contributed by atoms with E-state index in [9.17, 15) is 14.4 Å². The van der Waals surface area contributed by atoms with Crippen LogP contribution in [0.4, 0.5) is 16.2 Å². The number of aromatic amines is 1. The van der Waals surface area contributed by atoms with Gasteiger partial charge in [0.1, 0.15) is 0 Å². The molecule has 4 amide bonds. The van der Waals surface area contributed by atoms with Crippen molar-refractivity contribution in [2.24, 2.45) is 0 Å². The van der Waals surface area contributed by atoms with Gasteiger partial charge in [0.15, 0.2) is 5.65 Å². The van der Waals surface area contributed by atoms with Gasteiger partial charge in [0.2, 0.25) is 11.8 Å². The maximum Gasteiger partial charge on any atom is 0.328 e. The van der Waals surface area contributed by atoms with E-state index in [1.807, 2.05) is 71.1 Å². The van der Waals surface area contributed by atoms with Crippen LogP contribution < -0.4 is 20.4 Å². The number of amides is 4. The number of hydrogen-bond acceptors (Lipinski definition) is 11. The first-order chi connectivity index (χ1) is 27.9. The molecule has 1 atom stereocenters. The van der Waals surface area contributed by atoms with Crippen LogP contribution >= 0.6 is 0 Å². The quantitative estimate of drug-likeness (QED) is 0.149. The molecule has 4 aromatic heterocycles. The molecule has 2 fully saturated rings. The van der Waals surface area contributed by atoms with E-state index >= 15 is 0 Å². The Hall–Kier alpha value is -6.48. The third kappa shape index (κ3) is 8.16. The number of aromatic nitrogens is 6. The van der Waals surface area contributed by atoms with Gasteiger partial charge in [-0.1, -0.05) is 50.2 Å². The number of urea groups is 1. The van der Waals surface area contributed by atoms with E-state index < -0.39 is 5.91 Å². The summed E-state index contributed by atoms with van der Waals surface area (Å²) in [5.41, 5.74) is 8.90. The molecule has 6 aromatic rings. The number of aryl methyl sites for hydroxylation is 1. The fraction of sp³-hybridized carbons (Fsp3) is 0.349. The Morgan fingerprint density at radius 3 is 2.38 bits per heavy atom. The molecule has 1 unspecified atom stereocenters. The van der Waals surface area contributed by atoms with E-state index in [0.29, 0.717) is 24.5 Å². The topological polar surface area (TPSA) is 178 Å². The number of imide groups is 1. The standard InChI is InChI=1S/C43H47N11O4/c1-26-22-29(8-12-33(26)27(2)46-40(56)39-48-41(58-51-39)43(3,4)5)37-34-23-30(24-45-38(34)50-49-37)35-13-11-32(25-44-35)53-20-18-52(19-21-53)16-14-28-6-9-31(10-7-28)54-17-15-36(55)47-42(54)57/h6-13,22-25,27H,14-21H2,1-5H3,(H,46,56)(H,45,49,50)(H,47,55,57). The van der Waals surface area contributed by atoms with E-state index in [-0.39, 0.29) is 29.2 Å². The van der Waals surface area contributed by atoms with Crippen LogP contribution in [-0.2, 0) is 16.6 Å². The lowest BCUT2D eigenvalue weighted by Gasteiger charge is -2.36. The van der Waals surface area contributed by atoms with E-state index in [4.69, 9.17) is 9.51 Å². The molecule has 0 aliphatic carbocycles. The SMILES string of the molecule is Cc1cc(-c2[nH]nc3ncc(-c4ccc(N5CCN(CCc6ccc(N7CCC(=O)NC7=O)cc6)CC5)cn4)cc23)ccc1C(C)NC(=O)c1noc(C(C)(C)C)n1. The molecule has 15 heteroatoms. The summed E-state index contributed by atoms with van der Waals surface area (Å²) >= 11 is 0. The summed E-state index contributed by atoms with van der Waals surface area (Å²) in [5, 5.41) is 17.8. The number of benzene rings is 2.